The predicted molar refractivity (Wildman–Crippen MR) is 55.3 cm³/mol. The van der Waals surface area contributed by atoms with Crippen molar-refractivity contribution < 1.29 is 22.7 Å². The highest BCUT2D eigenvalue weighted by Gasteiger charge is 2.28. The standard InChI is InChI=1S/C11H8F4N2O/c12-10-8(2-1-3-9(10)18)7-4-16-17(5-7)6-11(13,14)15/h1-5,18H,6H2. The smallest absolute Gasteiger partial charge is 0.408 e. The molecule has 0 aliphatic carbocycles. The van der Waals surface area contributed by atoms with Crippen molar-refractivity contribution in [3.05, 3.63) is 36.4 Å². The summed E-state index contributed by atoms with van der Waals surface area (Å²) in [4.78, 5) is 0. The Hall–Kier alpha value is -2.05. The number of hydrogen-bond donors (Lipinski definition) is 1. The van der Waals surface area contributed by atoms with Crippen LogP contribution in [0.1, 0.15) is 0 Å². The number of phenolic OH excluding ortho intramolecular Hbond substituents is 1. The van der Waals surface area contributed by atoms with Gasteiger partial charge in [-0.3, -0.25) is 4.68 Å². The van der Waals surface area contributed by atoms with Crippen molar-refractivity contribution in [2.45, 2.75) is 12.7 Å². The third-order valence-corrected chi connectivity index (χ3v) is 2.26. The topological polar surface area (TPSA) is 38.1 Å². The van der Waals surface area contributed by atoms with E-state index >= 15 is 0 Å². The predicted octanol–water partition coefficient (Wildman–Crippen LogP) is 2.96. The van der Waals surface area contributed by atoms with Gasteiger partial charge < -0.3 is 5.11 Å². The quantitative estimate of drug-likeness (QED) is 0.843. The molecule has 3 nitrogen and oxygen atoms in total. The lowest BCUT2D eigenvalue weighted by molar-refractivity contribution is -0.142. The Labute approximate surface area is 99.3 Å². The molecule has 1 aromatic carbocycles. The largest absolute Gasteiger partial charge is 0.505 e. The molecule has 1 aromatic heterocycles. The molecule has 96 valence electrons. The average Bonchev–Trinajstić information content (AvgIpc) is 2.68. The van der Waals surface area contributed by atoms with Crippen molar-refractivity contribution >= 4 is 0 Å². The van der Waals surface area contributed by atoms with E-state index in [1.165, 1.54) is 12.1 Å². The summed E-state index contributed by atoms with van der Waals surface area (Å²) in [5.41, 5.74) is 0.177. The van der Waals surface area contributed by atoms with Crippen LogP contribution in [0, 0.1) is 5.82 Å². The highest BCUT2D eigenvalue weighted by molar-refractivity contribution is 5.64. The molecule has 1 heterocycles. The van der Waals surface area contributed by atoms with Gasteiger partial charge in [0, 0.05) is 17.3 Å². The first-order chi connectivity index (χ1) is 8.37. The Balaban J connectivity index is 2.33. The molecule has 2 rings (SSSR count). The molecule has 0 radical (unpaired) electrons. The zero-order valence-electron chi connectivity index (χ0n) is 8.95. The SMILES string of the molecule is Oc1cccc(-c2cnn(CC(F)(F)F)c2)c1F. The molecule has 1 N–H and O–H groups in total. The van der Waals surface area contributed by atoms with Crippen molar-refractivity contribution in [3.63, 3.8) is 0 Å². The number of halogens is 4. The molecule has 18 heavy (non-hydrogen) atoms. The summed E-state index contributed by atoms with van der Waals surface area (Å²) < 4.78 is 50.6. The molecule has 7 heteroatoms. The maximum atomic E-state index is 13.5. The minimum atomic E-state index is -4.39. The van der Waals surface area contributed by atoms with Gasteiger partial charge in [0.1, 0.15) is 6.54 Å². The number of rotatable bonds is 2. The Morgan fingerprint density at radius 2 is 2.00 bits per heavy atom. The van der Waals surface area contributed by atoms with Gasteiger partial charge in [-0.15, -0.1) is 0 Å². The van der Waals surface area contributed by atoms with Gasteiger partial charge in [0.2, 0.25) is 0 Å². The van der Waals surface area contributed by atoms with Crippen molar-refractivity contribution in [2.75, 3.05) is 0 Å². The van der Waals surface area contributed by atoms with Crippen LogP contribution in [0.25, 0.3) is 11.1 Å². The summed E-state index contributed by atoms with van der Waals surface area (Å²) in [7, 11) is 0. The van der Waals surface area contributed by atoms with Gasteiger partial charge in [0.25, 0.3) is 0 Å². The maximum Gasteiger partial charge on any atom is 0.408 e. The highest BCUT2D eigenvalue weighted by atomic mass is 19.4. The lowest BCUT2D eigenvalue weighted by Gasteiger charge is -2.05. The van der Waals surface area contributed by atoms with Crippen LogP contribution in [0.2, 0.25) is 0 Å². The lowest BCUT2D eigenvalue weighted by Crippen LogP contribution is -2.17. The van der Waals surface area contributed by atoms with Crippen molar-refractivity contribution in [1.29, 1.82) is 0 Å². The zero-order chi connectivity index (χ0) is 13.3. The summed E-state index contributed by atoms with van der Waals surface area (Å²) >= 11 is 0. The fraction of sp³-hybridized carbons (Fsp3) is 0.182. The molecule has 0 unspecified atom stereocenters. The minimum absolute atomic E-state index is 0.00317. The molecular weight excluding hydrogens is 252 g/mol. The van der Waals surface area contributed by atoms with Gasteiger partial charge >= 0.3 is 6.18 Å². The second kappa shape index (κ2) is 4.32. The number of alkyl halides is 3. The van der Waals surface area contributed by atoms with Gasteiger partial charge in [0.15, 0.2) is 11.6 Å². The van der Waals surface area contributed by atoms with E-state index in [4.69, 9.17) is 0 Å². The Morgan fingerprint density at radius 3 is 2.67 bits per heavy atom. The van der Waals surface area contributed by atoms with Crippen molar-refractivity contribution in [3.8, 4) is 16.9 Å². The molecule has 0 saturated carbocycles. The van der Waals surface area contributed by atoms with E-state index in [1.807, 2.05) is 0 Å². The fourth-order valence-corrected chi connectivity index (χ4v) is 1.52. The molecule has 0 spiro atoms. The van der Waals surface area contributed by atoms with Crippen molar-refractivity contribution in [2.24, 2.45) is 0 Å². The normalized spacial score (nSPS) is 11.8. The molecule has 0 atom stereocenters. The van der Waals surface area contributed by atoms with E-state index < -0.39 is 24.3 Å². The second-order valence-corrected chi connectivity index (χ2v) is 3.68. The van der Waals surface area contributed by atoms with Gasteiger partial charge in [-0.1, -0.05) is 12.1 Å². The van der Waals surface area contributed by atoms with Crippen LogP contribution in [0.5, 0.6) is 5.75 Å². The van der Waals surface area contributed by atoms with E-state index in [1.54, 1.807) is 0 Å². The van der Waals surface area contributed by atoms with Crippen LogP contribution in [0.4, 0.5) is 17.6 Å². The van der Waals surface area contributed by atoms with Crippen LogP contribution in [0.15, 0.2) is 30.6 Å². The first-order valence-electron chi connectivity index (χ1n) is 4.94. The second-order valence-electron chi connectivity index (χ2n) is 3.68. The number of phenols is 1. The number of aromatic hydroxyl groups is 1. The van der Waals surface area contributed by atoms with E-state index in [2.05, 4.69) is 5.10 Å². The number of benzene rings is 1. The monoisotopic (exact) mass is 260 g/mol. The van der Waals surface area contributed by atoms with Crippen LogP contribution >= 0.6 is 0 Å². The van der Waals surface area contributed by atoms with Gasteiger partial charge in [0.05, 0.1) is 6.20 Å². The van der Waals surface area contributed by atoms with E-state index in [-0.39, 0.29) is 11.1 Å². The lowest BCUT2D eigenvalue weighted by atomic mass is 10.1. The first-order valence-corrected chi connectivity index (χ1v) is 4.94. The summed E-state index contributed by atoms with van der Waals surface area (Å²) in [6, 6.07) is 3.90. The number of nitrogens with zero attached hydrogens (tertiary/aromatic N) is 2. The molecule has 0 aliphatic heterocycles. The zero-order valence-corrected chi connectivity index (χ0v) is 8.95. The molecule has 2 aromatic rings. The summed E-state index contributed by atoms with van der Waals surface area (Å²) in [6.07, 6.45) is -2.20. The van der Waals surface area contributed by atoms with Gasteiger partial charge in [-0.2, -0.15) is 18.3 Å². The fourth-order valence-electron chi connectivity index (χ4n) is 1.52. The van der Waals surface area contributed by atoms with Gasteiger partial charge in [-0.05, 0) is 6.07 Å². The maximum absolute atomic E-state index is 13.5. The van der Waals surface area contributed by atoms with E-state index in [9.17, 15) is 22.7 Å². The molecule has 0 aliphatic rings. The third-order valence-electron chi connectivity index (χ3n) is 2.26. The third kappa shape index (κ3) is 2.61. The Morgan fingerprint density at radius 1 is 1.28 bits per heavy atom. The first kappa shape index (κ1) is 12.4. The molecule has 0 bridgehead atoms. The number of hydrogen-bond acceptors (Lipinski definition) is 2. The Bertz CT molecular complexity index is 562. The number of aromatic nitrogens is 2. The molecule has 0 fully saturated rings. The van der Waals surface area contributed by atoms with Gasteiger partial charge in [-0.25, -0.2) is 4.39 Å². The summed E-state index contributed by atoms with van der Waals surface area (Å²) in [5.74, 6) is -1.44. The summed E-state index contributed by atoms with van der Waals surface area (Å²) in [6.45, 7) is -1.24. The molecule has 0 amide bonds. The van der Waals surface area contributed by atoms with Crippen LogP contribution in [-0.4, -0.2) is 21.1 Å². The van der Waals surface area contributed by atoms with Crippen LogP contribution in [-0.2, 0) is 6.54 Å². The summed E-state index contributed by atoms with van der Waals surface area (Å²) in [5, 5.41) is 12.7. The van der Waals surface area contributed by atoms with E-state index in [0.29, 0.717) is 4.68 Å². The average molecular weight is 260 g/mol. The minimum Gasteiger partial charge on any atom is -0.505 e. The molecular formula is C11H8F4N2O. The van der Waals surface area contributed by atoms with Crippen molar-refractivity contribution in [1.82, 2.24) is 9.78 Å². The van der Waals surface area contributed by atoms with Crippen LogP contribution in [0.3, 0.4) is 0 Å². The van der Waals surface area contributed by atoms with Crippen LogP contribution < -0.4 is 0 Å². The Kier molecular flexibility index (Phi) is 2.98. The highest BCUT2D eigenvalue weighted by Crippen LogP contribution is 2.28. The molecule has 0 saturated heterocycles. The van der Waals surface area contributed by atoms with E-state index in [0.717, 1.165) is 18.5 Å².